The number of pyridine rings is 1. The number of benzene rings is 2. The van der Waals surface area contributed by atoms with Crippen LogP contribution >= 0.6 is 0 Å². The third-order valence-corrected chi connectivity index (χ3v) is 5.79. The van der Waals surface area contributed by atoms with E-state index in [1.807, 2.05) is 36.4 Å². The average molecular weight is 446 g/mol. The van der Waals surface area contributed by atoms with Gasteiger partial charge in [-0.2, -0.15) is 0 Å². The predicted molar refractivity (Wildman–Crippen MR) is 127 cm³/mol. The van der Waals surface area contributed by atoms with Gasteiger partial charge in [0.2, 0.25) is 0 Å². The molecule has 2 amide bonds. The van der Waals surface area contributed by atoms with Crippen LogP contribution < -0.4 is 16.4 Å². The zero-order valence-electron chi connectivity index (χ0n) is 18.4. The molecule has 1 aromatic heterocycles. The van der Waals surface area contributed by atoms with Crippen molar-refractivity contribution < 1.29 is 14.3 Å². The minimum atomic E-state index is -0.405. The number of carbonyl (C=O) groups excluding carboxylic acids is 2. The maximum atomic E-state index is 12.9. The van der Waals surface area contributed by atoms with Crippen LogP contribution in [0.1, 0.15) is 33.9 Å². The van der Waals surface area contributed by atoms with Crippen molar-refractivity contribution in [2.24, 2.45) is 0 Å². The van der Waals surface area contributed by atoms with Gasteiger partial charge < -0.3 is 21.1 Å². The molecule has 0 aliphatic carbocycles. The highest BCUT2D eigenvalue weighted by Gasteiger charge is 2.35. The number of anilines is 2. The number of para-hydroxylation sites is 2. The number of hydrogen-bond acceptors (Lipinski definition) is 6. The third-order valence-electron chi connectivity index (χ3n) is 5.79. The number of nitrogens with one attached hydrogen (secondary N) is 2. The first-order chi connectivity index (χ1) is 16.1. The molecule has 1 aliphatic heterocycles. The van der Waals surface area contributed by atoms with Gasteiger partial charge in [0.25, 0.3) is 5.91 Å². The molecule has 8 nitrogen and oxygen atoms in total. The first kappa shape index (κ1) is 22.3. The molecule has 4 rings (SSSR count). The molecule has 3 aromatic rings. The van der Waals surface area contributed by atoms with E-state index in [4.69, 9.17) is 10.5 Å². The Hall–Kier alpha value is -3.91. The zero-order valence-corrected chi connectivity index (χ0v) is 18.4. The Morgan fingerprint density at radius 3 is 2.55 bits per heavy atom. The van der Waals surface area contributed by atoms with Crippen molar-refractivity contribution in [3.63, 3.8) is 0 Å². The first-order valence-electron chi connectivity index (χ1n) is 10.8. The number of amides is 2. The van der Waals surface area contributed by atoms with Crippen LogP contribution in [-0.4, -0.2) is 48.1 Å². The van der Waals surface area contributed by atoms with Gasteiger partial charge in [-0.1, -0.05) is 30.3 Å². The van der Waals surface area contributed by atoms with Crippen molar-refractivity contribution >= 4 is 23.4 Å². The minimum absolute atomic E-state index is 0.0216. The molecular formula is C25H27N5O3. The molecule has 2 aromatic carbocycles. The lowest BCUT2D eigenvalue weighted by atomic mass is 9.95. The number of nitrogen functional groups attached to an aromatic ring is 1. The lowest BCUT2D eigenvalue weighted by Crippen LogP contribution is -2.44. The molecule has 2 heterocycles. The fourth-order valence-electron chi connectivity index (χ4n) is 4.12. The summed E-state index contributed by atoms with van der Waals surface area (Å²) in [7, 11) is 1.39. The number of ether oxygens (including phenoxy) is 1. The molecule has 8 heteroatoms. The van der Waals surface area contributed by atoms with Crippen LogP contribution in [0.25, 0.3) is 0 Å². The second-order valence-electron chi connectivity index (χ2n) is 7.88. The number of rotatable bonds is 6. The maximum Gasteiger partial charge on any atom is 0.410 e. The van der Waals surface area contributed by atoms with E-state index in [1.165, 1.54) is 7.11 Å². The Morgan fingerprint density at radius 1 is 1.12 bits per heavy atom. The maximum absolute atomic E-state index is 12.9. The predicted octanol–water partition coefficient (Wildman–Crippen LogP) is 3.44. The van der Waals surface area contributed by atoms with E-state index in [9.17, 15) is 9.59 Å². The van der Waals surface area contributed by atoms with E-state index in [-0.39, 0.29) is 11.9 Å². The number of carbonyl (C=O) groups is 2. The molecule has 1 fully saturated rings. The van der Waals surface area contributed by atoms with Gasteiger partial charge >= 0.3 is 6.09 Å². The highest BCUT2D eigenvalue weighted by molar-refractivity contribution is 6.05. The third kappa shape index (κ3) is 4.96. The topological polar surface area (TPSA) is 110 Å². The van der Waals surface area contributed by atoms with Crippen LogP contribution in [-0.2, 0) is 4.74 Å². The van der Waals surface area contributed by atoms with Crippen molar-refractivity contribution in [2.45, 2.75) is 18.5 Å². The van der Waals surface area contributed by atoms with Crippen LogP contribution in [0.15, 0.2) is 73.1 Å². The molecule has 1 aliphatic rings. The molecule has 1 unspecified atom stereocenters. The van der Waals surface area contributed by atoms with Crippen LogP contribution in [0.2, 0.25) is 0 Å². The minimum Gasteiger partial charge on any atom is -0.453 e. The number of hydrogen-bond donors (Lipinski definition) is 3. The van der Waals surface area contributed by atoms with Gasteiger partial charge in [0.15, 0.2) is 0 Å². The Balaban J connectivity index is 1.65. The standard InChI is InChI=1S/C25H27N5O3/c1-33-25(32)30(20-12-14-28-16-20)23(19-5-4-13-27-15-19)17-8-10-18(11-9-17)24(31)29-22-7-3-2-6-21(22)26/h2-11,13,15,20,23,28H,12,14,16,26H2,1H3,(H,29,31)/t20-,23?/m0/s1. The lowest BCUT2D eigenvalue weighted by Gasteiger charge is -2.35. The summed E-state index contributed by atoms with van der Waals surface area (Å²) in [5.41, 5.74) is 9.20. The molecular weight excluding hydrogens is 418 g/mol. The average Bonchev–Trinajstić information content (AvgIpc) is 3.38. The SMILES string of the molecule is COC(=O)N(C(c1ccc(C(=O)Nc2ccccc2N)cc1)c1cccnc1)[C@H]1CCNC1. The van der Waals surface area contributed by atoms with Gasteiger partial charge in [-0.15, -0.1) is 0 Å². The molecule has 2 atom stereocenters. The van der Waals surface area contributed by atoms with E-state index in [0.717, 1.165) is 24.1 Å². The van der Waals surface area contributed by atoms with Gasteiger partial charge in [0, 0.05) is 30.5 Å². The number of methoxy groups -OCH3 is 1. The lowest BCUT2D eigenvalue weighted by molar-refractivity contribution is 0.0934. The zero-order chi connectivity index (χ0) is 23.2. The second kappa shape index (κ2) is 10.1. The highest BCUT2D eigenvalue weighted by Crippen LogP contribution is 2.32. The molecule has 33 heavy (non-hydrogen) atoms. The fourth-order valence-corrected chi connectivity index (χ4v) is 4.12. The summed E-state index contributed by atoms with van der Waals surface area (Å²) in [6, 6.07) is 17.7. The Bertz CT molecular complexity index is 1100. The molecule has 170 valence electrons. The van der Waals surface area contributed by atoms with E-state index in [0.29, 0.717) is 23.5 Å². The Kier molecular flexibility index (Phi) is 6.85. The van der Waals surface area contributed by atoms with Crippen molar-refractivity contribution in [3.05, 3.63) is 89.7 Å². The van der Waals surface area contributed by atoms with Crippen molar-refractivity contribution in [1.82, 2.24) is 15.2 Å². The fraction of sp³-hybridized carbons (Fsp3) is 0.240. The summed E-state index contributed by atoms with van der Waals surface area (Å²) >= 11 is 0. The summed E-state index contributed by atoms with van der Waals surface area (Å²) in [6.45, 7) is 1.52. The molecule has 4 N–H and O–H groups in total. The number of nitrogens with zero attached hydrogens (tertiary/aromatic N) is 2. The van der Waals surface area contributed by atoms with Crippen molar-refractivity contribution in [3.8, 4) is 0 Å². The van der Waals surface area contributed by atoms with Crippen LogP contribution in [0.3, 0.4) is 0 Å². The van der Waals surface area contributed by atoms with Crippen LogP contribution in [0.4, 0.5) is 16.2 Å². The van der Waals surface area contributed by atoms with Gasteiger partial charge in [0.1, 0.15) is 0 Å². The summed E-state index contributed by atoms with van der Waals surface area (Å²) in [4.78, 5) is 31.6. The summed E-state index contributed by atoms with van der Waals surface area (Å²) < 4.78 is 5.15. The van der Waals surface area contributed by atoms with Gasteiger partial charge in [-0.25, -0.2) is 4.79 Å². The number of aromatic nitrogens is 1. The molecule has 1 saturated heterocycles. The smallest absolute Gasteiger partial charge is 0.410 e. The molecule has 0 spiro atoms. The molecule has 0 radical (unpaired) electrons. The largest absolute Gasteiger partial charge is 0.453 e. The van der Waals surface area contributed by atoms with E-state index in [2.05, 4.69) is 15.6 Å². The van der Waals surface area contributed by atoms with Gasteiger partial charge in [0.05, 0.1) is 24.5 Å². The quantitative estimate of drug-likeness (QED) is 0.502. The summed E-state index contributed by atoms with van der Waals surface area (Å²) in [5, 5.41) is 6.15. The summed E-state index contributed by atoms with van der Waals surface area (Å²) in [5.74, 6) is -0.262. The van der Waals surface area contributed by atoms with E-state index >= 15 is 0 Å². The van der Waals surface area contributed by atoms with Crippen molar-refractivity contribution in [2.75, 3.05) is 31.2 Å². The van der Waals surface area contributed by atoms with Gasteiger partial charge in [-0.3, -0.25) is 14.7 Å². The van der Waals surface area contributed by atoms with E-state index in [1.54, 1.807) is 41.6 Å². The normalized spacial score (nSPS) is 16.1. The van der Waals surface area contributed by atoms with Crippen LogP contribution in [0, 0.1) is 0 Å². The Labute approximate surface area is 192 Å². The highest BCUT2D eigenvalue weighted by atomic mass is 16.5. The summed E-state index contributed by atoms with van der Waals surface area (Å²) in [6.07, 6.45) is 3.87. The van der Waals surface area contributed by atoms with E-state index < -0.39 is 12.1 Å². The number of nitrogens with two attached hydrogens (primary N) is 1. The molecule has 0 saturated carbocycles. The second-order valence-corrected chi connectivity index (χ2v) is 7.88. The first-order valence-corrected chi connectivity index (χ1v) is 10.8. The molecule has 0 bridgehead atoms. The van der Waals surface area contributed by atoms with Crippen LogP contribution in [0.5, 0.6) is 0 Å². The Morgan fingerprint density at radius 2 is 1.91 bits per heavy atom. The monoisotopic (exact) mass is 445 g/mol. The van der Waals surface area contributed by atoms with Gasteiger partial charge in [-0.05, 0) is 54.4 Å². The van der Waals surface area contributed by atoms with Crippen molar-refractivity contribution in [1.29, 1.82) is 0 Å².